The standard InChI is InChI=1S/C17H17ClF2N6/c1-12-11-14(17(18,19)20)26-15(21-12)22-16(23-26)25-9-7-24(8-10-25)13-5-3-2-4-6-13/h2-6,11H,7-10H2,1H3. The molecule has 1 aliphatic rings. The largest absolute Gasteiger partial charge is 0.368 e. The highest BCUT2D eigenvalue weighted by Crippen LogP contribution is 2.32. The Hall–Kier alpha value is -2.48. The van der Waals surface area contributed by atoms with E-state index in [1.165, 1.54) is 6.07 Å². The highest BCUT2D eigenvalue weighted by Gasteiger charge is 2.33. The summed E-state index contributed by atoms with van der Waals surface area (Å²) >= 11 is 5.22. The van der Waals surface area contributed by atoms with Crippen molar-refractivity contribution in [1.29, 1.82) is 0 Å². The smallest absolute Gasteiger partial charge is 0.365 e. The van der Waals surface area contributed by atoms with Gasteiger partial charge in [0.05, 0.1) is 0 Å². The molecule has 3 heterocycles. The molecule has 0 unspecified atom stereocenters. The molecule has 0 N–H and O–H groups in total. The summed E-state index contributed by atoms with van der Waals surface area (Å²) < 4.78 is 28.4. The van der Waals surface area contributed by atoms with Crippen molar-refractivity contribution in [3.05, 3.63) is 47.8 Å². The van der Waals surface area contributed by atoms with Crippen molar-refractivity contribution in [2.24, 2.45) is 0 Å². The summed E-state index contributed by atoms with van der Waals surface area (Å²) in [6.45, 7) is 4.60. The molecule has 0 aliphatic carbocycles. The molecule has 1 aromatic carbocycles. The minimum Gasteiger partial charge on any atom is -0.368 e. The highest BCUT2D eigenvalue weighted by atomic mass is 35.5. The Morgan fingerprint density at radius 3 is 2.31 bits per heavy atom. The van der Waals surface area contributed by atoms with Gasteiger partial charge >= 0.3 is 5.38 Å². The molecule has 4 rings (SSSR count). The fraction of sp³-hybridized carbons (Fsp3) is 0.353. The maximum absolute atomic E-state index is 13.7. The molecule has 0 bridgehead atoms. The lowest BCUT2D eigenvalue weighted by Gasteiger charge is -2.35. The van der Waals surface area contributed by atoms with E-state index in [2.05, 4.69) is 32.1 Å². The van der Waals surface area contributed by atoms with Crippen LogP contribution in [0, 0.1) is 6.92 Å². The number of fused-ring (bicyclic) bond motifs is 1. The van der Waals surface area contributed by atoms with Crippen LogP contribution in [0.15, 0.2) is 36.4 Å². The fourth-order valence-electron chi connectivity index (χ4n) is 3.12. The van der Waals surface area contributed by atoms with Crippen molar-refractivity contribution in [3.63, 3.8) is 0 Å². The van der Waals surface area contributed by atoms with E-state index in [0.29, 0.717) is 24.7 Å². The van der Waals surface area contributed by atoms with Crippen molar-refractivity contribution in [3.8, 4) is 0 Å². The van der Waals surface area contributed by atoms with Crippen LogP contribution < -0.4 is 9.80 Å². The third kappa shape index (κ3) is 3.16. The fourth-order valence-corrected chi connectivity index (χ4v) is 3.25. The Balaban J connectivity index is 1.59. The molecule has 136 valence electrons. The average Bonchev–Trinajstić information content (AvgIpc) is 3.05. The Labute approximate surface area is 154 Å². The highest BCUT2D eigenvalue weighted by molar-refractivity contribution is 6.21. The number of alkyl halides is 3. The lowest BCUT2D eigenvalue weighted by molar-refractivity contribution is 0.0871. The lowest BCUT2D eigenvalue weighted by atomic mass is 10.2. The van der Waals surface area contributed by atoms with E-state index in [1.54, 1.807) is 6.92 Å². The van der Waals surface area contributed by atoms with Gasteiger partial charge in [0.15, 0.2) is 0 Å². The maximum Gasteiger partial charge on any atom is 0.365 e. The lowest BCUT2D eigenvalue weighted by Crippen LogP contribution is -2.47. The van der Waals surface area contributed by atoms with Crippen LogP contribution >= 0.6 is 11.6 Å². The quantitative estimate of drug-likeness (QED) is 0.656. The Bertz CT molecular complexity index is 916. The summed E-state index contributed by atoms with van der Waals surface area (Å²) in [5.74, 6) is 0.513. The van der Waals surface area contributed by atoms with E-state index in [4.69, 9.17) is 11.6 Å². The van der Waals surface area contributed by atoms with Gasteiger partial charge in [0, 0.05) is 37.6 Å². The molecule has 26 heavy (non-hydrogen) atoms. The number of benzene rings is 1. The number of piperazine rings is 1. The third-order valence-corrected chi connectivity index (χ3v) is 4.60. The second-order valence-electron chi connectivity index (χ2n) is 6.21. The molecule has 1 saturated heterocycles. The van der Waals surface area contributed by atoms with Gasteiger partial charge in [-0.3, -0.25) is 0 Å². The molecule has 0 radical (unpaired) electrons. The number of halogens is 3. The van der Waals surface area contributed by atoms with Crippen molar-refractivity contribution < 1.29 is 8.78 Å². The molecule has 0 saturated carbocycles. The van der Waals surface area contributed by atoms with Gasteiger partial charge in [-0.05, 0) is 36.7 Å². The van der Waals surface area contributed by atoms with Crippen LogP contribution in [0.4, 0.5) is 20.4 Å². The molecule has 0 amide bonds. The van der Waals surface area contributed by atoms with Crippen LogP contribution in [0.5, 0.6) is 0 Å². The Morgan fingerprint density at radius 2 is 1.65 bits per heavy atom. The number of rotatable bonds is 3. The first-order chi connectivity index (χ1) is 12.4. The molecule has 0 spiro atoms. The maximum atomic E-state index is 13.7. The van der Waals surface area contributed by atoms with Gasteiger partial charge in [0.1, 0.15) is 5.69 Å². The SMILES string of the molecule is Cc1cc(C(F)(F)Cl)n2nc(N3CCN(c4ccccc4)CC3)nc2n1. The van der Waals surface area contributed by atoms with Gasteiger partial charge < -0.3 is 9.80 Å². The van der Waals surface area contributed by atoms with E-state index in [-0.39, 0.29) is 5.78 Å². The molecule has 3 aromatic rings. The average molecular weight is 379 g/mol. The molecule has 6 nitrogen and oxygen atoms in total. The van der Waals surface area contributed by atoms with Crippen LogP contribution in [-0.4, -0.2) is 45.8 Å². The second kappa shape index (κ2) is 6.35. The van der Waals surface area contributed by atoms with Crippen molar-refractivity contribution >= 4 is 29.0 Å². The van der Waals surface area contributed by atoms with Crippen molar-refractivity contribution in [2.75, 3.05) is 36.0 Å². The van der Waals surface area contributed by atoms with Gasteiger partial charge in [-0.15, -0.1) is 5.10 Å². The number of aryl methyl sites for hydroxylation is 1. The first-order valence-electron chi connectivity index (χ1n) is 8.28. The summed E-state index contributed by atoms with van der Waals surface area (Å²) in [5, 5.41) is 0.689. The number of hydrogen-bond acceptors (Lipinski definition) is 5. The third-order valence-electron chi connectivity index (χ3n) is 4.40. The summed E-state index contributed by atoms with van der Waals surface area (Å²) in [7, 11) is 0. The molecule has 2 aromatic heterocycles. The molecule has 1 fully saturated rings. The summed E-state index contributed by atoms with van der Waals surface area (Å²) in [6, 6.07) is 11.4. The second-order valence-corrected chi connectivity index (χ2v) is 6.69. The number of hydrogen-bond donors (Lipinski definition) is 0. The van der Waals surface area contributed by atoms with Gasteiger partial charge in [0.2, 0.25) is 5.95 Å². The summed E-state index contributed by atoms with van der Waals surface area (Å²) in [6.07, 6.45) is 0. The first kappa shape index (κ1) is 17.0. The van der Waals surface area contributed by atoms with Gasteiger partial charge in [-0.25, -0.2) is 4.98 Å². The molecular weight excluding hydrogens is 362 g/mol. The number of anilines is 2. The number of nitrogens with zero attached hydrogens (tertiary/aromatic N) is 6. The minimum absolute atomic E-state index is 0.126. The molecule has 0 atom stereocenters. The predicted octanol–water partition coefficient (Wildman–Crippen LogP) is 3.05. The Morgan fingerprint density at radius 1 is 1.00 bits per heavy atom. The zero-order valence-corrected chi connectivity index (χ0v) is 14.9. The van der Waals surface area contributed by atoms with Gasteiger partial charge in [-0.1, -0.05) is 18.2 Å². The normalized spacial score (nSPS) is 15.7. The van der Waals surface area contributed by atoms with E-state index in [9.17, 15) is 8.78 Å². The van der Waals surface area contributed by atoms with Crippen molar-refractivity contribution in [1.82, 2.24) is 19.6 Å². The topological polar surface area (TPSA) is 49.6 Å². The number of para-hydroxylation sites is 1. The molecule has 9 heteroatoms. The van der Waals surface area contributed by atoms with Crippen LogP contribution in [0.1, 0.15) is 11.4 Å². The van der Waals surface area contributed by atoms with Gasteiger partial charge in [-0.2, -0.15) is 18.3 Å². The van der Waals surface area contributed by atoms with Crippen LogP contribution in [0.2, 0.25) is 0 Å². The predicted molar refractivity (Wildman–Crippen MR) is 96.1 cm³/mol. The van der Waals surface area contributed by atoms with Gasteiger partial charge in [0.25, 0.3) is 5.78 Å². The summed E-state index contributed by atoms with van der Waals surface area (Å²) in [5.41, 5.74) is 1.15. The van der Waals surface area contributed by atoms with Crippen LogP contribution in [-0.2, 0) is 5.38 Å². The van der Waals surface area contributed by atoms with Crippen LogP contribution in [0.25, 0.3) is 5.78 Å². The monoisotopic (exact) mass is 378 g/mol. The minimum atomic E-state index is -3.54. The van der Waals surface area contributed by atoms with Crippen molar-refractivity contribution in [2.45, 2.75) is 12.3 Å². The first-order valence-corrected chi connectivity index (χ1v) is 8.66. The van der Waals surface area contributed by atoms with E-state index < -0.39 is 11.1 Å². The Kier molecular flexibility index (Phi) is 4.14. The molecule has 1 aliphatic heterocycles. The number of aromatic nitrogens is 4. The van der Waals surface area contributed by atoms with E-state index >= 15 is 0 Å². The van der Waals surface area contributed by atoms with E-state index in [1.807, 2.05) is 23.1 Å². The van der Waals surface area contributed by atoms with E-state index in [0.717, 1.165) is 23.3 Å². The summed E-state index contributed by atoms with van der Waals surface area (Å²) in [4.78, 5) is 12.8. The molecular formula is C17H17ClF2N6. The van der Waals surface area contributed by atoms with Crippen LogP contribution in [0.3, 0.4) is 0 Å². The zero-order valence-electron chi connectivity index (χ0n) is 14.1. The zero-order chi connectivity index (χ0) is 18.3.